The van der Waals surface area contributed by atoms with Gasteiger partial charge in [-0.15, -0.1) is 0 Å². The second-order valence-corrected chi connectivity index (χ2v) is 12.4. The number of nitrogens with zero attached hydrogens (tertiary/aromatic N) is 3. The molecule has 0 spiro atoms. The van der Waals surface area contributed by atoms with Crippen LogP contribution in [-0.2, 0) is 0 Å². The summed E-state index contributed by atoms with van der Waals surface area (Å²) in [6.07, 6.45) is 3.67. The number of rotatable bonds is 5. The topological polar surface area (TPSA) is 65.0 Å². The average molecular weight is 642 g/mol. The second-order valence-electron chi connectivity index (χ2n) is 12.4. The predicted octanol–water partition coefficient (Wildman–Crippen LogP) is 12.0. The predicted molar refractivity (Wildman–Crippen MR) is 202 cm³/mol. The lowest BCUT2D eigenvalue weighted by Crippen LogP contribution is -1.97. The quantitative estimate of drug-likeness (QED) is 0.187. The highest BCUT2D eigenvalue weighted by molar-refractivity contribution is 6.16. The normalized spacial score (nSPS) is 11.6. The monoisotopic (exact) mass is 641 g/mol. The standard InChI is InChI=1S/C45H27N3O2/c1-2-9-29(10-3-1)38-26-39(30-18-16-28(17-19-30)32-11-8-24-46-27-32)48-45(47-38)37-23-22-33(44-43(37)36-13-5-7-15-41(36)50-44)31-20-21-35-34-12-4-6-14-40(34)49-42(35)25-31/h1-27H. The molecule has 6 aromatic carbocycles. The fourth-order valence-electron chi connectivity index (χ4n) is 6.97. The van der Waals surface area contributed by atoms with Crippen LogP contribution in [0.4, 0.5) is 0 Å². The van der Waals surface area contributed by atoms with Crippen LogP contribution in [0.3, 0.4) is 0 Å². The van der Waals surface area contributed by atoms with Gasteiger partial charge in [-0.3, -0.25) is 4.98 Å². The van der Waals surface area contributed by atoms with Crippen LogP contribution in [0.2, 0.25) is 0 Å². The number of hydrogen-bond donors (Lipinski definition) is 0. The van der Waals surface area contributed by atoms with Crippen molar-refractivity contribution in [3.05, 3.63) is 164 Å². The summed E-state index contributed by atoms with van der Waals surface area (Å²) in [5, 5.41) is 4.19. The Morgan fingerprint density at radius 2 is 1.02 bits per heavy atom. The van der Waals surface area contributed by atoms with Crippen LogP contribution in [-0.4, -0.2) is 15.0 Å². The van der Waals surface area contributed by atoms with E-state index in [1.165, 1.54) is 0 Å². The maximum atomic E-state index is 6.66. The molecule has 10 aromatic rings. The summed E-state index contributed by atoms with van der Waals surface area (Å²) in [7, 11) is 0. The zero-order chi connectivity index (χ0) is 33.0. The Morgan fingerprint density at radius 3 is 1.80 bits per heavy atom. The van der Waals surface area contributed by atoms with Gasteiger partial charge in [0.15, 0.2) is 5.82 Å². The molecule has 0 atom stereocenters. The lowest BCUT2D eigenvalue weighted by atomic mass is 9.97. The van der Waals surface area contributed by atoms with E-state index in [1.807, 2.05) is 66.9 Å². The van der Waals surface area contributed by atoms with Gasteiger partial charge in [-0.1, -0.05) is 103 Å². The third-order valence-electron chi connectivity index (χ3n) is 9.43. The van der Waals surface area contributed by atoms with E-state index in [0.29, 0.717) is 5.82 Å². The molecule has 0 saturated carbocycles. The zero-order valence-electron chi connectivity index (χ0n) is 26.7. The first-order valence-corrected chi connectivity index (χ1v) is 16.6. The molecule has 0 N–H and O–H groups in total. The molecule has 0 aliphatic carbocycles. The van der Waals surface area contributed by atoms with E-state index in [4.69, 9.17) is 18.8 Å². The maximum Gasteiger partial charge on any atom is 0.161 e. The van der Waals surface area contributed by atoms with Crippen molar-refractivity contribution in [2.24, 2.45) is 0 Å². The molecule has 234 valence electrons. The number of hydrogen-bond acceptors (Lipinski definition) is 5. The molecular weight excluding hydrogens is 615 g/mol. The molecule has 0 radical (unpaired) electrons. The van der Waals surface area contributed by atoms with Crippen LogP contribution in [0.25, 0.3) is 100 Å². The average Bonchev–Trinajstić information content (AvgIpc) is 3.77. The summed E-state index contributed by atoms with van der Waals surface area (Å²) in [5.41, 5.74) is 12.1. The number of pyridine rings is 1. The van der Waals surface area contributed by atoms with Crippen molar-refractivity contribution in [2.75, 3.05) is 0 Å². The molecule has 10 rings (SSSR count). The van der Waals surface area contributed by atoms with Crippen LogP contribution in [0.5, 0.6) is 0 Å². The van der Waals surface area contributed by atoms with Crippen molar-refractivity contribution >= 4 is 43.9 Å². The van der Waals surface area contributed by atoms with E-state index in [1.54, 1.807) is 6.20 Å². The molecule has 0 unspecified atom stereocenters. The summed E-state index contributed by atoms with van der Waals surface area (Å²) in [6.45, 7) is 0. The third kappa shape index (κ3) is 4.67. The van der Waals surface area contributed by atoms with Crippen molar-refractivity contribution < 1.29 is 8.83 Å². The highest BCUT2D eigenvalue weighted by Crippen LogP contribution is 2.43. The molecule has 4 heterocycles. The van der Waals surface area contributed by atoms with E-state index in [9.17, 15) is 0 Å². The summed E-state index contributed by atoms with van der Waals surface area (Å²) >= 11 is 0. The summed E-state index contributed by atoms with van der Waals surface area (Å²) < 4.78 is 12.9. The van der Waals surface area contributed by atoms with E-state index in [-0.39, 0.29) is 0 Å². The fourth-order valence-corrected chi connectivity index (χ4v) is 6.97. The van der Waals surface area contributed by atoms with Crippen LogP contribution in [0.15, 0.2) is 173 Å². The molecule has 5 heteroatoms. The fraction of sp³-hybridized carbons (Fsp3) is 0. The molecule has 0 amide bonds. The molecule has 5 nitrogen and oxygen atoms in total. The van der Waals surface area contributed by atoms with Crippen LogP contribution < -0.4 is 0 Å². The Labute approximate surface area is 287 Å². The second kappa shape index (κ2) is 11.4. The lowest BCUT2D eigenvalue weighted by Gasteiger charge is -2.12. The van der Waals surface area contributed by atoms with Crippen LogP contribution >= 0.6 is 0 Å². The van der Waals surface area contributed by atoms with Gasteiger partial charge in [0.05, 0.1) is 11.4 Å². The van der Waals surface area contributed by atoms with E-state index >= 15 is 0 Å². The minimum atomic E-state index is 0.633. The Kier molecular flexibility index (Phi) is 6.42. The Balaban J connectivity index is 1.17. The Hall–Kier alpha value is -6.85. The van der Waals surface area contributed by atoms with Gasteiger partial charge in [0, 0.05) is 56.2 Å². The molecular formula is C45H27N3O2. The van der Waals surface area contributed by atoms with Crippen molar-refractivity contribution in [3.63, 3.8) is 0 Å². The van der Waals surface area contributed by atoms with E-state index in [2.05, 4.69) is 96.0 Å². The van der Waals surface area contributed by atoms with Gasteiger partial charge in [0.1, 0.15) is 22.3 Å². The minimum Gasteiger partial charge on any atom is -0.456 e. The van der Waals surface area contributed by atoms with Gasteiger partial charge in [-0.05, 0) is 65.2 Å². The van der Waals surface area contributed by atoms with Gasteiger partial charge in [-0.25, -0.2) is 9.97 Å². The van der Waals surface area contributed by atoms with Crippen molar-refractivity contribution in [3.8, 4) is 56.2 Å². The third-order valence-corrected chi connectivity index (χ3v) is 9.43. The van der Waals surface area contributed by atoms with Crippen LogP contribution in [0.1, 0.15) is 0 Å². The summed E-state index contributed by atoms with van der Waals surface area (Å²) in [5.74, 6) is 0.633. The molecule has 0 saturated heterocycles. The van der Waals surface area contributed by atoms with Crippen molar-refractivity contribution in [1.82, 2.24) is 15.0 Å². The lowest BCUT2D eigenvalue weighted by molar-refractivity contribution is 0.668. The first-order chi connectivity index (χ1) is 24.8. The maximum absolute atomic E-state index is 6.66. The Morgan fingerprint density at radius 1 is 0.400 bits per heavy atom. The SMILES string of the molecule is c1ccc(-c2cc(-c3ccc(-c4cccnc4)cc3)nc(-c3ccc(-c4ccc5c(c4)oc4ccccc45)c4oc5ccccc5c34)n2)cc1. The van der Waals surface area contributed by atoms with Gasteiger partial charge in [0.2, 0.25) is 0 Å². The highest BCUT2D eigenvalue weighted by Gasteiger charge is 2.21. The summed E-state index contributed by atoms with van der Waals surface area (Å²) in [4.78, 5) is 14.7. The van der Waals surface area contributed by atoms with E-state index in [0.717, 1.165) is 94.2 Å². The highest BCUT2D eigenvalue weighted by atomic mass is 16.3. The summed E-state index contributed by atoms with van der Waals surface area (Å²) in [6, 6.07) is 51.8. The molecule has 0 aliphatic rings. The zero-order valence-corrected chi connectivity index (χ0v) is 26.7. The molecule has 0 fully saturated rings. The van der Waals surface area contributed by atoms with Crippen molar-refractivity contribution in [1.29, 1.82) is 0 Å². The smallest absolute Gasteiger partial charge is 0.161 e. The first-order valence-electron chi connectivity index (χ1n) is 16.6. The first kappa shape index (κ1) is 28.2. The van der Waals surface area contributed by atoms with Gasteiger partial charge >= 0.3 is 0 Å². The largest absolute Gasteiger partial charge is 0.456 e. The van der Waals surface area contributed by atoms with Crippen LogP contribution in [0, 0.1) is 0 Å². The van der Waals surface area contributed by atoms with E-state index < -0.39 is 0 Å². The number of aromatic nitrogens is 3. The molecule has 0 bridgehead atoms. The number of benzene rings is 6. The Bertz CT molecular complexity index is 2850. The molecule has 0 aliphatic heterocycles. The van der Waals surface area contributed by atoms with Crippen molar-refractivity contribution in [2.45, 2.75) is 0 Å². The minimum absolute atomic E-state index is 0.633. The molecule has 4 aromatic heterocycles. The number of para-hydroxylation sites is 2. The number of furan rings is 2. The number of fused-ring (bicyclic) bond motifs is 6. The van der Waals surface area contributed by atoms with Gasteiger partial charge in [0.25, 0.3) is 0 Å². The van der Waals surface area contributed by atoms with Gasteiger partial charge < -0.3 is 8.83 Å². The molecule has 50 heavy (non-hydrogen) atoms. The van der Waals surface area contributed by atoms with Gasteiger partial charge in [-0.2, -0.15) is 0 Å².